The van der Waals surface area contributed by atoms with E-state index in [4.69, 9.17) is 5.73 Å². The SMILES string of the molecule is [NH-]C(=O)c1nc(Br)c[nH]c1=O.[Na+]. The van der Waals surface area contributed by atoms with Crippen LogP contribution < -0.4 is 35.1 Å². The quantitative estimate of drug-likeness (QED) is 0.561. The topological polar surface area (TPSA) is 86.6 Å². The molecule has 1 aromatic rings. The third-order valence-corrected chi connectivity index (χ3v) is 1.38. The van der Waals surface area contributed by atoms with Gasteiger partial charge in [-0.2, -0.15) is 0 Å². The number of hydrogen-bond donors (Lipinski definition) is 1. The fourth-order valence-corrected chi connectivity index (χ4v) is 0.829. The molecule has 0 saturated heterocycles. The van der Waals surface area contributed by atoms with Gasteiger partial charge in [0.1, 0.15) is 10.5 Å². The van der Waals surface area contributed by atoms with E-state index in [1.54, 1.807) is 0 Å². The molecule has 1 heterocycles. The third-order valence-electron chi connectivity index (χ3n) is 0.971. The summed E-state index contributed by atoms with van der Waals surface area (Å²) in [4.78, 5) is 26.9. The number of carbonyl (C=O) groups is 1. The van der Waals surface area contributed by atoms with E-state index in [2.05, 4.69) is 25.9 Å². The molecule has 2 N–H and O–H groups in total. The summed E-state index contributed by atoms with van der Waals surface area (Å²) in [7, 11) is 0. The average molecular weight is 240 g/mol. The van der Waals surface area contributed by atoms with Crippen molar-refractivity contribution in [3.63, 3.8) is 0 Å². The standard InChI is InChI=1S/C5H4BrN3O2.Na/c6-2-1-8-5(11)3(9-2)4(7)10;/h1H,(H3,7,8,10,11);/q;+1/p-1. The molecule has 0 spiro atoms. The second kappa shape index (κ2) is 4.76. The molecular weight excluding hydrogens is 237 g/mol. The van der Waals surface area contributed by atoms with Gasteiger partial charge in [-0.3, -0.25) is 4.79 Å². The Labute approximate surface area is 98.2 Å². The van der Waals surface area contributed by atoms with Crippen molar-refractivity contribution in [2.45, 2.75) is 0 Å². The fraction of sp³-hybridized carbons (Fsp3) is 0. The summed E-state index contributed by atoms with van der Waals surface area (Å²) in [5, 5.41) is 0. The number of nitrogens with one attached hydrogen (secondary N) is 2. The van der Waals surface area contributed by atoms with Crippen molar-refractivity contribution >= 4 is 21.8 Å². The van der Waals surface area contributed by atoms with Crippen molar-refractivity contribution in [2.24, 2.45) is 0 Å². The normalized spacial score (nSPS) is 8.75. The van der Waals surface area contributed by atoms with Gasteiger partial charge in [-0.25, -0.2) is 4.98 Å². The molecule has 58 valence electrons. The van der Waals surface area contributed by atoms with Crippen LogP contribution in [-0.4, -0.2) is 15.9 Å². The Morgan fingerprint density at radius 1 is 1.67 bits per heavy atom. The molecule has 0 aliphatic rings. The average Bonchev–Trinajstić information content (AvgIpc) is 1.94. The molecule has 0 saturated carbocycles. The molecule has 0 aromatic carbocycles. The number of amides is 1. The molecule has 7 heteroatoms. The van der Waals surface area contributed by atoms with Crippen LogP contribution in [0.2, 0.25) is 0 Å². The number of halogens is 1. The van der Waals surface area contributed by atoms with E-state index in [-0.39, 0.29) is 29.6 Å². The molecule has 12 heavy (non-hydrogen) atoms. The minimum atomic E-state index is -1.09. The summed E-state index contributed by atoms with van der Waals surface area (Å²) >= 11 is 2.95. The van der Waals surface area contributed by atoms with Crippen molar-refractivity contribution in [3.05, 3.63) is 32.6 Å². The first kappa shape index (κ1) is 11.8. The summed E-state index contributed by atoms with van der Waals surface area (Å²) in [5.74, 6) is -1.09. The Bertz CT molecular complexity index is 351. The Morgan fingerprint density at radius 3 is 2.67 bits per heavy atom. The Kier molecular flexibility index (Phi) is 4.69. The fourth-order valence-electron chi connectivity index (χ4n) is 0.537. The van der Waals surface area contributed by atoms with Gasteiger partial charge in [0.2, 0.25) is 0 Å². The van der Waals surface area contributed by atoms with E-state index in [1.165, 1.54) is 6.20 Å². The maximum absolute atomic E-state index is 10.7. The number of hydrogen-bond acceptors (Lipinski definition) is 3. The van der Waals surface area contributed by atoms with Crippen LogP contribution in [0.1, 0.15) is 10.5 Å². The maximum atomic E-state index is 10.7. The van der Waals surface area contributed by atoms with Crippen LogP contribution in [0.15, 0.2) is 15.6 Å². The number of H-pyrrole nitrogens is 1. The van der Waals surface area contributed by atoms with Crippen LogP contribution in [0.25, 0.3) is 5.73 Å². The zero-order valence-corrected chi connectivity index (χ0v) is 9.81. The summed E-state index contributed by atoms with van der Waals surface area (Å²) < 4.78 is 0.327. The van der Waals surface area contributed by atoms with Crippen molar-refractivity contribution in [1.82, 2.24) is 9.97 Å². The van der Waals surface area contributed by atoms with E-state index < -0.39 is 17.2 Å². The van der Waals surface area contributed by atoms with Gasteiger partial charge >= 0.3 is 29.6 Å². The molecule has 0 atom stereocenters. The van der Waals surface area contributed by atoms with Gasteiger partial charge in [0.25, 0.3) is 5.56 Å². The smallest absolute Gasteiger partial charge is 0.662 e. The van der Waals surface area contributed by atoms with Gasteiger partial charge in [0.15, 0.2) is 5.69 Å². The Hall–Kier alpha value is -0.170. The minimum absolute atomic E-state index is 0. The molecule has 1 aromatic heterocycles. The predicted molar refractivity (Wildman–Crippen MR) is 41.2 cm³/mol. The van der Waals surface area contributed by atoms with Crippen molar-refractivity contribution < 1.29 is 34.4 Å². The number of aromatic nitrogens is 2. The van der Waals surface area contributed by atoms with Crippen molar-refractivity contribution in [3.8, 4) is 0 Å². The summed E-state index contributed by atoms with van der Waals surface area (Å²) in [6.07, 6.45) is 1.30. The van der Waals surface area contributed by atoms with Gasteiger partial charge in [0.05, 0.1) is 0 Å². The molecule has 0 bridgehead atoms. The molecule has 1 rings (SSSR count). The zero-order valence-electron chi connectivity index (χ0n) is 6.22. The summed E-state index contributed by atoms with van der Waals surface area (Å²) in [6, 6.07) is 0. The van der Waals surface area contributed by atoms with Crippen LogP contribution in [-0.2, 0) is 0 Å². The van der Waals surface area contributed by atoms with Crippen LogP contribution in [0, 0.1) is 0 Å². The molecule has 0 unspecified atom stereocenters. The van der Waals surface area contributed by atoms with Gasteiger partial charge < -0.3 is 15.5 Å². The van der Waals surface area contributed by atoms with E-state index in [0.29, 0.717) is 4.60 Å². The van der Waals surface area contributed by atoms with E-state index >= 15 is 0 Å². The first-order valence-corrected chi connectivity index (χ1v) is 3.41. The van der Waals surface area contributed by atoms with Gasteiger partial charge in [-0.15, -0.1) is 0 Å². The van der Waals surface area contributed by atoms with Crippen LogP contribution in [0.3, 0.4) is 0 Å². The van der Waals surface area contributed by atoms with Gasteiger partial charge in [-0.05, 0) is 15.9 Å². The molecule has 0 fully saturated rings. The first-order valence-electron chi connectivity index (χ1n) is 2.62. The van der Waals surface area contributed by atoms with Crippen LogP contribution in [0.4, 0.5) is 0 Å². The Balaban J connectivity index is 0.00000121. The molecule has 5 nitrogen and oxygen atoms in total. The number of carbonyl (C=O) groups excluding carboxylic acids is 1. The third kappa shape index (κ3) is 2.71. The van der Waals surface area contributed by atoms with Gasteiger partial charge in [-0.1, -0.05) is 0 Å². The summed E-state index contributed by atoms with van der Waals surface area (Å²) in [5.41, 5.74) is 5.57. The second-order valence-electron chi connectivity index (χ2n) is 1.73. The van der Waals surface area contributed by atoms with Crippen LogP contribution >= 0.6 is 15.9 Å². The second-order valence-corrected chi connectivity index (χ2v) is 2.54. The Morgan fingerprint density at radius 2 is 2.25 bits per heavy atom. The monoisotopic (exact) mass is 239 g/mol. The van der Waals surface area contributed by atoms with E-state index in [1.807, 2.05) is 0 Å². The molecule has 0 radical (unpaired) electrons. The van der Waals surface area contributed by atoms with E-state index in [9.17, 15) is 9.59 Å². The minimum Gasteiger partial charge on any atom is -0.662 e. The van der Waals surface area contributed by atoms with Crippen molar-refractivity contribution in [2.75, 3.05) is 0 Å². The maximum Gasteiger partial charge on any atom is 1.00 e. The largest absolute Gasteiger partial charge is 1.00 e. The number of rotatable bonds is 1. The van der Waals surface area contributed by atoms with Crippen LogP contribution in [0.5, 0.6) is 0 Å². The molecule has 0 aliphatic carbocycles. The first-order chi connectivity index (χ1) is 5.11. The number of nitrogens with zero attached hydrogens (tertiary/aromatic N) is 1. The summed E-state index contributed by atoms with van der Waals surface area (Å²) in [6.45, 7) is 0. The molecule has 0 aliphatic heterocycles. The van der Waals surface area contributed by atoms with Gasteiger partial charge in [0, 0.05) is 6.20 Å². The van der Waals surface area contributed by atoms with Crippen molar-refractivity contribution in [1.29, 1.82) is 0 Å². The zero-order chi connectivity index (χ0) is 8.43. The molecule has 1 amide bonds. The van der Waals surface area contributed by atoms with E-state index in [0.717, 1.165) is 0 Å². The molecular formula is C5H3BrN3NaO2. The number of aromatic amines is 1. The predicted octanol–water partition coefficient (Wildman–Crippen LogP) is -2.27.